The molecule has 0 N–H and O–H groups in total. The van der Waals surface area contributed by atoms with Crippen LogP contribution in [0.5, 0.6) is 5.75 Å². The Labute approximate surface area is 183 Å². The number of ether oxygens (including phenoxy) is 2. The zero-order valence-corrected chi connectivity index (χ0v) is 18.2. The minimum Gasteiger partial charge on any atom is -0.479 e. The van der Waals surface area contributed by atoms with Crippen LogP contribution in [0.4, 0.5) is 4.79 Å². The number of thioether (sulfide) groups is 1. The van der Waals surface area contributed by atoms with E-state index in [1.165, 1.54) is 18.4 Å². The van der Waals surface area contributed by atoms with Crippen LogP contribution in [-0.2, 0) is 14.3 Å². The summed E-state index contributed by atoms with van der Waals surface area (Å²) in [6, 6.07) is 3.13. The van der Waals surface area contributed by atoms with Crippen molar-refractivity contribution in [3.8, 4) is 5.75 Å². The van der Waals surface area contributed by atoms with Gasteiger partial charge >= 0.3 is 5.97 Å². The highest BCUT2D eigenvalue weighted by molar-refractivity contribution is 8.18. The van der Waals surface area contributed by atoms with Gasteiger partial charge in [-0.3, -0.25) is 14.5 Å². The van der Waals surface area contributed by atoms with Crippen molar-refractivity contribution in [1.82, 2.24) is 4.90 Å². The van der Waals surface area contributed by atoms with E-state index in [0.717, 1.165) is 37.4 Å². The van der Waals surface area contributed by atoms with E-state index in [9.17, 15) is 14.4 Å². The number of rotatable bonds is 6. The maximum atomic E-state index is 12.7. The predicted molar refractivity (Wildman–Crippen MR) is 113 cm³/mol. The first-order valence-corrected chi connectivity index (χ1v) is 10.9. The number of carbonyl (C=O) groups is 3. The molecular weight excluding hydrogens is 437 g/mol. The number of halogens is 2. The van der Waals surface area contributed by atoms with Crippen LogP contribution < -0.4 is 4.74 Å². The topological polar surface area (TPSA) is 72.9 Å². The van der Waals surface area contributed by atoms with E-state index in [4.69, 9.17) is 27.9 Å². The van der Waals surface area contributed by atoms with Gasteiger partial charge in [0.25, 0.3) is 11.1 Å². The maximum Gasteiger partial charge on any atom is 0.343 e. The normalized spacial score (nSPS) is 19.1. The van der Waals surface area contributed by atoms with E-state index in [1.54, 1.807) is 18.2 Å². The highest BCUT2D eigenvalue weighted by Crippen LogP contribution is 2.38. The lowest BCUT2D eigenvalue weighted by molar-refractivity contribution is -0.142. The summed E-state index contributed by atoms with van der Waals surface area (Å²) in [6.45, 7) is 0.152. The molecule has 1 aromatic rings. The van der Waals surface area contributed by atoms with Crippen molar-refractivity contribution in [2.75, 3.05) is 20.3 Å². The third-order valence-electron chi connectivity index (χ3n) is 4.92. The Kier molecular flexibility index (Phi) is 7.49. The highest BCUT2D eigenvalue weighted by atomic mass is 35.5. The first-order valence-electron chi connectivity index (χ1n) is 9.33. The predicted octanol–water partition coefficient (Wildman–Crippen LogP) is 5.16. The van der Waals surface area contributed by atoms with Crippen molar-refractivity contribution in [3.05, 3.63) is 32.6 Å². The zero-order valence-electron chi connectivity index (χ0n) is 15.9. The van der Waals surface area contributed by atoms with E-state index < -0.39 is 5.97 Å². The van der Waals surface area contributed by atoms with Gasteiger partial charge in [0.05, 0.1) is 22.1 Å². The van der Waals surface area contributed by atoms with Gasteiger partial charge in [0.15, 0.2) is 12.4 Å². The summed E-state index contributed by atoms with van der Waals surface area (Å²) in [5.41, 5.74) is 0.564. The smallest absolute Gasteiger partial charge is 0.343 e. The van der Waals surface area contributed by atoms with E-state index in [0.29, 0.717) is 22.9 Å². The Balaban J connectivity index is 1.73. The lowest BCUT2D eigenvalue weighted by atomic mass is 9.89. The Morgan fingerprint density at radius 2 is 1.86 bits per heavy atom. The second-order valence-electron chi connectivity index (χ2n) is 6.97. The van der Waals surface area contributed by atoms with Crippen LogP contribution in [0.1, 0.15) is 37.7 Å². The van der Waals surface area contributed by atoms with Crippen molar-refractivity contribution >= 4 is 58.2 Å². The SMILES string of the molecule is COC(=O)COc1c(Cl)cc(/C=C2/SC(=O)N(CC3CCCCC3)C2=O)cc1Cl. The molecular formula is C20H21Cl2NO5S. The molecule has 2 fully saturated rings. The maximum absolute atomic E-state index is 12.7. The van der Waals surface area contributed by atoms with Crippen molar-refractivity contribution in [2.45, 2.75) is 32.1 Å². The number of amides is 2. The Morgan fingerprint density at radius 1 is 1.21 bits per heavy atom. The van der Waals surface area contributed by atoms with Gasteiger partial charge in [0.2, 0.25) is 0 Å². The fourth-order valence-corrected chi connectivity index (χ4v) is 4.89. The van der Waals surface area contributed by atoms with Gasteiger partial charge in [0, 0.05) is 6.54 Å². The minimum absolute atomic E-state index is 0.154. The summed E-state index contributed by atoms with van der Waals surface area (Å²) in [4.78, 5) is 37.9. The van der Waals surface area contributed by atoms with Crippen LogP contribution in [0.25, 0.3) is 6.08 Å². The fraction of sp³-hybridized carbons (Fsp3) is 0.450. The van der Waals surface area contributed by atoms with Crippen LogP contribution in [0.15, 0.2) is 17.0 Å². The monoisotopic (exact) mass is 457 g/mol. The third-order valence-corrected chi connectivity index (χ3v) is 6.39. The molecule has 1 heterocycles. The van der Waals surface area contributed by atoms with Gasteiger partial charge in [0.1, 0.15) is 0 Å². The number of hydrogen-bond acceptors (Lipinski definition) is 6. The molecule has 1 aromatic carbocycles. The molecule has 1 aliphatic carbocycles. The highest BCUT2D eigenvalue weighted by Gasteiger charge is 2.36. The summed E-state index contributed by atoms with van der Waals surface area (Å²) in [7, 11) is 1.25. The van der Waals surface area contributed by atoms with Crippen molar-refractivity contribution < 1.29 is 23.9 Å². The summed E-state index contributed by atoms with van der Waals surface area (Å²) in [5.74, 6) is -0.315. The van der Waals surface area contributed by atoms with Gasteiger partial charge in [-0.2, -0.15) is 0 Å². The van der Waals surface area contributed by atoms with Crippen LogP contribution in [0.2, 0.25) is 10.0 Å². The van der Waals surface area contributed by atoms with Gasteiger partial charge in [-0.05, 0) is 54.3 Å². The molecule has 0 spiro atoms. The fourth-order valence-electron chi connectivity index (χ4n) is 3.43. The molecule has 0 atom stereocenters. The first-order chi connectivity index (χ1) is 13.9. The lowest BCUT2D eigenvalue weighted by Gasteiger charge is -2.25. The molecule has 156 valence electrons. The molecule has 0 unspecified atom stereocenters. The zero-order chi connectivity index (χ0) is 21.0. The van der Waals surface area contributed by atoms with Gasteiger partial charge in [-0.1, -0.05) is 42.5 Å². The van der Waals surface area contributed by atoms with E-state index in [2.05, 4.69) is 4.74 Å². The molecule has 1 saturated carbocycles. The number of imide groups is 1. The van der Waals surface area contributed by atoms with Gasteiger partial charge in [-0.15, -0.1) is 0 Å². The van der Waals surface area contributed by atoms with Crippen LogP contribution in [0.3, 0.4) is 0 Å². The van der Waals surface area contributed by atoms with E-state index in [1.807, 2.05) is 0 Å². The quantitative estimate of drug-likeness (QED) is 0.433. The first kappa shape index (κ1) is 22.0. The van der Waals surface area contributed by atoms with Crippen molar-refractivity contribution in [3.63, 3.8) is 0 Å². The van der Waals surface area contributed by atoms with Crippen LogP contribution >= 0.6 is 35.0 Å². The molecule has 9 heteroatoms. The number of nitrogens with zero attached hydrogens (tertiary/aromatic N) is 1. The van der Waals surface area contributed by atoms with Crippen LogP contribution in [0, 0.1) is 5.92 Å². The third kappa shape index (κ3) is 5.47. The minimum atomic E-state index is -0.562. The molecule has 3 rings (SSSR count). The number of hydrogen-bond donors (Lipinski definition) is 0. The molecule has 1 saturated heterocycles. The van der Waals surface area contributed by atoms with Crippen molar-refractivity contribution in [1.29, 1.82) is 0 Å². The largest absolute Gasteiger partial charge is 0.479 e. The number of methoxy groups -OCH3 is 1. The average Bonchev–Trinajstić information content (AvgIpc) is 2.95. The molecule has 2 aliphatic rings. The second kappa shape index (κ2) is 9.87. The summed E-state index contributed by atoms with van der Waals surface area (Å²) in [5, 5.41) is 0.130. The van der Waals surface area contributed by atoms with Crippen LogP contribution in [-0.4, -0.2) is 42.3 Å². The Bertz CT molecular complexity index is 828. The van der Waals surface area contributed by atoms with Gasteiger partial charge < -0.3 is 9.47 Å². The number of esters is 1. The molecule has 6 nitrogen and oxygen atoms in total. The van der Waals surface area contributed by atoms with E-state index >= 15 is 0 Å². The Morgan fingerprint density at radius 3 is 2.48 bits per heavy atom. The molecule has 2 amide bonds. The Hall–Kier alpha value is -1.70. The number of carbonyl (C=O) groups excluding carboxylic acids is 3. The lowest BCUT2D eigenvalue weighted by Crippen LogP contribution is -2.34. The summed E-state index contributed by atoms with van der Waals surface area (Å²) in [6.07, 6.45) is 7.22. The summed E-state index contributed by atoms with van der Waals surface area (Å²) >= 11 is 13.3. The molecule has 0 bridgehead atoms. The molecule has 0 radical (unpaired) electrons. The van der Waals surface area contributed by atoms with Crippen molar-refractivity contribution in [2.24, 2.45) is 5.92 Å². The molecule has 1 aliphatic heterocycles. The second-order valence-corrected chi connectivity index (χ2v) is 8.78. The standard InChI is InChI=1S/C20H21Cl2NO5S/c1-27-17(24)11-28-18-14(21)7-13(8-15(18)22)9-16-19(25)23(20(26)29-16)10-12-5-3-2-4-6-12/h7-9,12H,2-6,10-11H2,1H3/b16-9+. The number of benzene rings is 1. The van der Waals surface area contributed by atoms with Gasteiger partial charge in [-0.25, -0.2) is 4.79 Å². The molecule has 29 heavy (non-hydrogen) atoms. The van der Waals surface area contributed by atoms with E-state index in [-0.39, 0.29) is 33.5 Å². The molecule has 0 aromatic heterocycles. The summed E-state index contributed by atoms with van der Waals surface area (Å²) < 4.78 is 9.81. The average molecular weight is 458 g/mol.